The predicted molar refractivity (Wildman–Crippen MR) is 89.3 cm³/mol. The Morgan fingerprint density at radius 3 is 2.48 bits per heavy atom. The number of rotatable bonds is 6. The summed E-state index contributed by atoms with van der Waals surface area (Å²) in [6, 6.07) is 16.6. The number of hydrogen-bond donors (Lipinski definition) is 1. The summed E-state index contributed by atoms with van der Waals surface area (Å²) >= 11 is 0. The van der Waals surface area contributed by atoms with E-state index in [1.165, 1.54) is 0 Å². The van der Waals surface area contributed by atoms with Gasteiger partial charge in [0.1, 0.15) is 0 Å². The smallest absolute Gasteiger partial charge is 0.338 e. The zero-order valence-corrected chi connectivity index (χ0v) is 13.3. The molecule has 0 saturated carbocycles. The van der Waals surface area contributed by atoms with E-state index in [0.717, 1.165) is 11.3 Å². The van der Waals surface area contributed by atoms with Gasteiger partial charge in [0.05, 0.1) is 5.56 Å². The zero-order valence-electron chi connectivity index (χ0n) is 13.3. The minimum atomic E-state index is -0.511. The van der Waals surface area contributed by atoms with Crippen LogP contribution in [0.2, 0.25) is 0 Å². The Bertz CT molecular complexity index is 669. The summed E-state index contributed by atoms with van der Waals surface area (Å²) < 4.78 is 5.04. The maximum atomic E-state index is 12.0. The highest BCUT2D eigenvalue weighted by atomic mass is 16.5. The van der Waals surface area contributed by atoms with Gasteiger partial charge in [0.15, 0.2) is 6.61 Å². The molecular formula is C18H20N2O3. The van der Waals surface area contributed by atoms with E-state index in [1.54, 1.807) is 18.2 Å². The van der Waals surface area contributed by atoms with E-state index < -0.39 is 5.97 Å². The first kappa shape index (κ1) is 16.5. The number of carbonyl (C=O) groups is 2. The molecule has 2 rings (SSSR count). The number of amides is 1. The van der Waals surface area contributed by atoms with Crippen LogP contribution in [-0.4, -0.2) is 32.6 Å². The van der Waals surface area contributed by atoms with Gasteiger partial charge in [-0.05, 0) is 23.8 Å². The molecular weight excluding hydrogens is 292 g/mol. The minimum absolute atomic E-state index is 0.294. The average Bonchev–Trinajstić information content (AvgIpc) is 2.58. The van der Waals surface area contributed by atoms with E-state index >= 15 is 0 Å². The number of nitrogens with one attached hydrogen (secondary N) is 1. The fourth-order valence-electron chi connectivity index (χ4n) is 1.97. The number of benzene rings is 2. The van der Waals surface area contributed by atoms with Crippen LogP contribution < -0.4 is 10.2 Å². The summed E-state index contributed by atoms with van der Waals surface area (Å²) in [4.78, 5) is 25.6. The topological polar surface area (TPSA) is 58.6 Å². The Morgan fingerprint density at radius 1 is 1.04 bits per heavy atom. The number of carbonyl (C=O) groups excluding carboxylic acids is 2. The van der Waals surface area contributed by atoms with E-state index in [1.807, 2.05) is 55.4 Å². The standard InChI is InChI=1S/C18H20N2O3/c1-20(2)16-10-6-9-15(11-16)18(22)23-13-17(21)19-12-14-7-4-3-5-8-14/h3-11H,12-13H2,1-2H3,(H,19,21). The lowest BCUT2D eigenvalue weighted by Gasteiger charge is -2.13. The molecule has 1 amide bonds. The monoisotopic (exact) mass is 312 g/mol. The SMILES string of the molecule is CN(C)c1cccc(C(=O)OCC(=O)NCc2ccccc2)c1. The first-order valence-electron chi connectivity index (χ1n) is 7.31. The Hall–Kier alpha value is -2.82. The molecule has 0 heterocycles. The van der Waals surface area contributed by atoms with E-state index in [-0.39, 0.29) is 12.5 Å². The van der Waals surface area contributed by atoms with Gasteiger partial charge in [0, 0.05) is 26.3 Å². The van der Waals surface area contributed by atoms with Crippen molar-refractivity contribution in [3.05, 3.63) is 65.7 Å². The molecule has 1 N–H and O–H groups in total. The Kier molecular flexibility index (Phi) is 5.74. The van der Waals surface area contributed by atoms with Gasteiger partial charge in [0.2, 0.25) is 0 Å². The van der Waals surface area contributed by atoms with Crippen molar-refractivity contribution in [1.29, 1.82) is 0 Å². The van der Waals surface area contributed by atoms with Crippen LogP contribution in [0.3, 0.4) is 0 Å². The van der Waals surface area contributed by atoms with Crippen LogP contribution in [0.5, 0.6) is 0 Å². The lowest BCUT2D eigenvalue weighted by Crippen LogP contribution is -2.28. The second-order valence-corrected chi connectivity index (χ2v) is 5.28. The van der Waals surface area contributed by atoms with Crippen molar-refractivity contribution in [2.24, 2.45) is 0 Å². The summed E-state index contributed by atoms with van der Waals surface area (Å²) in [7, 11) is 3.78. The maximum absolute atomic E-state index is 12.0. The third-order valence-corrected chi connectivity index (χ3v) is 3.27. The van der Waals surface area contributed by atoms with Crippen LogP contribution in [0.15, 0.2) is 54.6 Å². The molecule has 0 bridgehead atoms. The Balaban J connectivity index is 1.82. The molecule has 0 aliphatic rings. The van der Waals surface area contributed by atoms with Gasteiger partial charge in [-0.25, -0.2) is 4.79 Å². The lowest BCUT2D eigenvalue weighted by molar-refractivity contribution is -0.124. The molecule has 0 unspecified atom stereocenters. The fourth-order valence-corrected chi connectivity index (χ4v) is 1.97. The van der Waals surface area contributed by atoms with Crippen molar-refractivity contribution in [2.75, 3.05) is 25.6 Å². The van der Waals surface area contributed by atoms with E-state index in [0.29, 0.717) is 12.1 Å². The van der Waals surface area contributed by atoms with Crippen molar-refractivity contribution < 1.29 is 14.3 Å². The molecule has 0 radical (unpaired) electrons. The van der Waals surface area contributed by atoms with Gasteiger partial charge in [-0.15, -0.1) is 0 Å². The molecule has 5 heteroatoms. The van der Waals surface area contributed by atoms with E-state index in [2.05, 4.69) is 5.32 Å². The summed E-state index contributed by atoms with van der Waals surface area (Å²) in [5, 5.41) is 2.71. The Morgan fingerprint density at radius 2 is 1.78 bits per heavy atom. The van der Waals surface area contributed by atoms with Crippen molar-refractivity contribution in [3.8, 4) is 0 Å². The number of nitrogens with zero attached hydrogens (tertiary/aromatic N) is 1. The molecule has 0 aromatic heterocycles. The molecule has 0 spiro atoms. The molecule has 0 saturated heterocycles. The van der Waals surface area contributed by atoms with Crippen LogP contribution in [0.1, 0.15) is 15.9 Å². The third-order valence-electron chi connectivity index (χ3n) is 3.27. The summed E-state index contributed by atoms with van der Waals surface area (Å²) in [6.07, 6.45) is 0. The van der Waals surface area contributed by atoms with Crippen molar-refractivity contribution in [2.45, 2.75) is 6.54 Å². The molecule has 0 aliphatic heterocycles. The van der Waals surface area contributed by atoms with Gasteiger partial charge in [-0.1, -0.05) is 36.4 Å². The van der Waals surface area contributed by atoms with Crippen LogP contribution in [-0.2, 0) is 16.1 Å². The number of hydrogen-bond acceptors (Lipinski definition) is 4. The highest BCUT2D eigenvalue weighted by Gasteiger charge is 2.11. The maximum Gasteiger partial charge on any atom is 0.338 e. The molecule has 0 aliphatic carbocycles. The lowest BCUT2D eigenvalue weighted by atomic mass is 10.2. The minimum Gasteiger partial charge on any atom is -0.452 e. The molecule has 2 aromatic carbocycles. The average molecular weight is 312 g/mol. The highest BCUT2D eigenvalue weighted by Crippen LogP contribution is 2.14. The van der Waals surface area contributed by atoms with Gasteiger partial charge >= 0.3 is 5.97 Å². The van der Waals surface area contributed by atoms with Crippen LogP contribution in [0, 0.1) is 0 Å². The molecule has 5 nitrogen and oxygen atoms in total. The largest absolute Gasteiger partial charge is 0.452 e. The van der Waals surface area contributed by atoms with Gasteiger partial charge < -0.3 is 15.0 Å². The highest BCUT2D eigenvalue weighted by molar-refractivity contribution is 5.92. The van der Waals surface area contributed by atoms with Gasteiger partial charge in [0.25, 0.3) is 5.91 Å². The second kappa shape index (κ2) is 7.98. The molecule has 0 fully saturated rings. The Labute approximate surface area is 135 Å². The van der Waals surface area contributed by atoms with E-state index in [9.17, 15) is 9.59 Å². The zero-order chi connectivity index (χ0) is 16.7. The van der Waals surface area contributed by atoms with Crippen molar-refractivity contribution >= 4 is 17.6 Å². The third kappa shape index (κ3) is 5.14. The van der Waals surface area contributed by atoms with Gasteiger partial charge in [-0.2, -0.15) is 0 Å². The molecule has 2 aromatic rings. The summed E-state index contributed by atoms with van der Waals surface area (Å²) in [5.41, 5.74) is 2.31. The van der Waals surface area contributed by atoms with E-state index in [4.69, 9.17) is 4.74 Å². The molecule has 23 heavy (non-hydrogen) atoms. The first-order chi connectivity index (χ1) is 11.1. The number of ether oxygens (including phenoxy) is 1. The molecule has 120 valence electrons. The summed E-state index contributed by atoms with van der Waals surface area (Å²) in [6.45, 7) is 0.116. The normalized spacial score (nSPS) is 10.0. The quantitative estimate of drug-likeness (QED) is 0.831. The van der Waals surface area contributed by atoms with Crippen LogP contribution in [0.4, 0.5) is 5.69 Å². The number of esters is 1. The number of anilines is 1. The van der Waals surface area contributed by atoms with Crippen molar-refractivity contribution in [3.63, 3.8) is 0 Å². The second-order valence-electron chi connectivity index (χ2n) is 5.28. The predicted octanol–water partition coefficient (Wildman–Crippen LogP) is 2.23. The van der Waals surface area contributed by atoms with Crippen molar-refractivity contribution in [1.82, 2.24) is 5.32 Å². The summed E-state index contributed by atoms with van der Waals surface area (Å²) in [5.74, 6) is -0.838. The van der Waals surface area contributed by atoms with Gasteiger partial charge in [-0.3, -0.25) is 4.79 Å². The first-order valence-corrected chi connectivity index (χ1v) is 7.31. The van der Waals surface area contributed by atoms with Crippen LogP contribution >= 0.6 is 0 Å². The molecule has 0 atom stereocenters. The fraction of sp³-hybridized carbons (Fsp3) is 0.222. The van der Waals surface area contributed by atoms with Crippen LogP contribution in [0.25, 0.3) is 0 Å².